The molecule has 1 aromatic rings. The molecule has 2 heteroatoms. The first-order chi connectivity index (χ1) is 5.79. The van der Waals surface area contributed by atoms with Crippen LogP contribution in [0.15, 0.2) is 4.52 Å². The Kier molecular flexibility index (Phi) is 2.90. The van der Waals surface area contributed by atoms with E-state index in [-0.39, 0.29) is 0 Å². The zero-order valence-corrected chi connectivity index (χ0v) is 8.35. The highest BCUT2D eigenvalue weighted by Gasteiger charge is 2.28. The van der Waals surface area contributed by atoms with Crippen LogP contribution in [-0.2, 0) is 0 Å². The summed E-state index contributed by atoms with van der Waals surface area (Å²) >= 11 is 0. The highest BCUT2D eigenvalue weighted by molar-refractivity contribution is 5.26. The average Bonchev–Trinajstić information content (AvgIpc) is 2.87. The summed E-state index contributed by atoms with van der Waals surface area (Å²) in [5.74, 6) is 1.69. The van der Waals surface area contributed by atoms with Gasteiger partial charge in [-0.2, -0.15) is 0 Å². The largest absolute Gasteiger partial charge is 0.361 e. The van der Waals surface area contributed by atoms with E-state index >= 15 is 0 Å². The van der Waals surface area contributed by atoms with Crippen molar-refractivity contribution < 1.29 is 4.52 Å². The second-order valence-corrected chi connectivity index (χ2v) is 3.02. The Hall–Kier alpha value is -0.790. The van der Waals surface area contributed by atoms with Crippen molar-refractivity contribution in [1.29, 1.82) is 0 Å². The van der Waals surface area contributed by atoms with Gasteiger partial charge < -0.3 is 4.52 Å². The van der Waals surface area contributed by atoms with E-state index in [1.807, 2.05) is 20.8 Å². The zero-order valence-electron chi connectivity index (χ0n) is 8.35. The van der Waals surface area contributed by atoms with E-state index < -0.39 is 0 Å². The number of nitrogens with zero attached hydrogens (tertiary/aromatic N) is 1. The monoisotopic (exact) mass is 167 g/mol. The molecule has 0 atom stereocenters. The van der Waals surface area contributed by atoms with Crippen LogP contribution in [-0.4, -0.2) is 5.16 Å². The van der Waals surface area contributed by atoms with Crippen molar-refractivity contribution in [3.8, 4) is 0 Å². The fourth-order valence-electron chi connectivity index (χ4n) is 1.17. The summed E-state index contributed by atoms with van der Waals surface area (Å²) in [6.07, 6.45) is 2.60. The summed E-state index contributed by atoms with van der Waals surface area (Å²) in [6.45, 7) is 8.05. The Morgan fingerprint density at radius 2 is 1.83 bits per heavy atom. The third kappa shape index (κ3) is 1.68. The van der Waals surface area contributed by atoms with E-state index in [4.69, 9.17) is 4.52 Å². The van der Waals surface area contributed by atoms with Gasteiger partial charge in [0.15, 0.2) is 0 Å². The van der Waals surface area contributed by atoms with E-state index in [2.05, 4.69) is 12.1 Å². The molecule has 1 heterocycles. The SMILES string of the molecule is CC.Cc1onc(C2CC2)c1C. The minimum atomic E-state index is 0.720. The van der Waals surface area contributed by atoms with E-state index in [1.54, 1.807) is 0 Å². The molecule has 1 aliphatic rings. The second-order valence-electron chi connectivity index (χ2n) is 3.02. The molecule has 1 aromatic heterocycles. The van der Waals surface area contributed by atoms with Gasteiger partial charge >= 0.3 is 0 Å². The molecule has 12 heavy (non-hydrogen) atoms. The maximum absolute atomic E-state index is 5.05. The molecule has 1 aliphatic carbocycles. The standard InChI is InChI=1S/C8H11NO.C2H6/c1-5-6(2)10-9-8(5)7-3-4-7;1-2/h7H,3-4H2,1-2H3;1-2H3. The van der Waals surface area contributed by atoms with Gasteiger partial charge in [-0.15, -0.1) is 0 Å². The fraction of sp³-hybridized carbons (Fsp3) is 0.700. The van der Waals surface area contributed by atoms with E-state index in [1.165, 1.54) is 24.1 Å². The molecule has 0 saturated heterocycles. The number of hydrogen-bond acceptors (Lipinski definition) is 2. The summed E-state index contributed by atoms with van der Waals surface area (Å²) in [7, 11) is 0. The third-order valence-electron chi connectivity index (χ3n) is 2.16. The molecule has 1 saturated carbocycles. The van der Waals surface area contributed by atoms with Crippen molar-refractivity contribution >= 4 is 0 Å². The first kappa shape index (κ1) is 9.30. The van der Waals surface area contributed by atoms with Gasteiger partial charge in [0.25, 0.3) is 0 Å². The zero-order chi connectivity index (χ0) is 9.14. The van der Waals surface area contributed by atoms with Crippen LogP contribution in [0.5, 0.6) is 0 Å². The van der Waals surface area contributed by atoms with Gasteiger partial charge in [-0.05, 0) is 26.7 Å². The molecule has 0 unspecified atom stereocenters. The van der Waals surface area contributed by atoms with Crippen LogP contribution in [0.1, 0.15) is 49.6 Å². The van der Waals surface area contributed by atoms with E-state index in [9.17, 15) is 0 Å². The van der Waals surface area contributed by atoms with Crippen LogP contribution in [0, 0.1) is 13.8 Å². The predicted octanol–water partition coefficient (Wildman–Crippen LogP) is 3.20. The van der Waals surface area contributed by atoms with Crippen molar-refractivity contribution in [3.05, 3.63) is 17.0 Å². The smallest absolute Gasteiger partial charge is 0.136 e. The van der Waals surface area contributed by atoms with Gasteiger partial charge in [-0.3, -0.25) is 0 Å². The molecule has 68 valence electrons. The molecule has 0 spiro atoms. The molecule has 0 aromatic carbocycles. The lowest BCUT2D eigenvalue weighted by molar-refractivity contribution is 0.390. The topological polar surface area (TPSA) is 26.0 Å². The van der Waals surface area contributed by atoms with Crippen LogP contribution in [0.4, 0.5) is 0 Å². The molecule has 2 nitrogen and oxygen atoms in total. The second kappa shape index (κ2) is 3.74. The molecule has 0 radical (unpaired) electrons. The van der Waals surface area contributed by atoms with Gasteiger partial charge in [-0.25, -0.2) is 0 Å². The average molecular weight is 167 g/mol. The minimum absolute atomic E-state index is 0.720. The summed E-state index contributed by atoms with van der Waals surface area (Å²) in [4.78, 5) is 0. The number of aryl methyl sites for hydroxylation is 1. The quantitative estimate of drug-likeness (QED) is 0.642. The summed E-state index contributed by atoms with van der Waals surface area (Å²) in [6, 6.07) is 0. The molecule has 0 N–H and O–H groups in total. The lowest BCUT2D eigenvalue weighted by Crippen LogP contribution is -1.81. The summed E-state index contributed by atoms with van der Waals surface area (Å²) in [5.41, 5.74) is 2.44. The molecule has 2 rings (SSSR count). The Bertz CT molecular complexity index is 248. The maximum Gasteiger partial charge on any atom is 0.136 e. The van der Waals surface area contributed by atoms with Gasteiger partial charge in [0, 0.05) is 11.5 Å². The lowest BCUT2D eigenvalue weighted by Gasteiger charge is -1.88. The van der Waals surface area contributed by atoms with E-state index in [0.717, 1.165) is 11.7 Å². The van der Waals surface area contributed by atoms with Crippen molar-refractivity contribution in [2.45, 2.75) is 46.5 Å². The van der Waals surface area contributed by atoms with Crippen molar-refractivity contribution in [2.24, 2.45) is 0 Å². The Balaban J connectivity index is 0.000000336. The van der Waals surface area contributed by atoms with E-state index in [0.29, 0.717) is 0 Å². The predicted molar refractivity (Wildman–Crippen MR) is 49.3 cm³/mol. The van der Waals surface area contributed by atoms with Crippen molar-refractivity contribution in [2.75, 3.05) is 0 Å². The van der Waals surface area contributed by atoms with Crippen molar-refractivity contribution in [3.63, 3.8) is 0 Å². The van der Waals surface area contributed by atoms with Crippen LogP contribution in [0.25, 0.3) is 0 Å². The first-order valence-electron chi connectivity index (χ1n) is 4.72. The highest BCUT2D eigenvalue weighted by atomic mass is 16.5. The van der Waals surface area contributed by atoms with Gasteiger partial charge in [0.2, 0.25) is 0 Å². The number of aromatic nitrogens is 1. The van der Waals surface area contributed by atoms with Gasteiger partial charge in [-0.1, -0.05) is 19.0 Å². The number of hydrogen-bond donors (Lipinski definition) is 0. The summed E-state index contributed by atoms with van der Waals surface area (Å²) in [5, 5.41) is 4.00. The van der Waals surface area contributed by atoms with Gasteiger partial charge in [0.1, 0.15) is 5.76 Å². The molecule has 0 bridgehead atoms. The Morgan fingerprint density at radius 3 is 2.17 bits per heavy atom. The Morgan fingerprint density at radius 1 is 1.25 bits per heavy atom. The summed E-state index contributed by atoms with van der Waals surface area (Å²) < 4.78 is 5.05. The minimum Gasteiger partial charge on any atom is -0.361 e. The fourth-order valence-corrected chi connectivity index (χ4v) is 1.17. The first-order valence-corrected chi connectivity index (χ1v) is 4.72. The van der Waals surface area contributed by atoms with Crippen LogP contribution < -0.4 is 0 Å². The van der Waals surface area contributed by atoms with Crippen LogP contribution >= 0.6 is 0 Å². The third-order valence-corrected chi connectivity index (χ3v) is 2.16. The molecule has 1 fully saturated rings. The van der Waals surface area contributed by atoms with Crippen LogP contribution in [0.2, 0.25) is 0 Å². The van der Waals surface area contributed by atoms with Gasteiger partial charge in [0.05, 0.1) is 5.69 Å². The molecular weight excluding hydrogens is 150 g/mol. The molecular formula is C10H17NO. The van der Waals surface area contributed by atoms with Crippen LogP contribution in [0.3, 0.4) is 0 Å². The lowest BCUT2D eigenvalue weighted by atomic mass is 10.1. The number of rotatable bonds is 1. The van der Waals surface area contributed by atoms with Crippen molar-refractivity contribution in [1.82, 2.24) is 5.16 Å². The maximum atomic E-state index is 5.05. The molecule has 0 amide bonds. The molecule has 0 aliphatic heterocycles. The normalized spacial score (nSPS) is 15.3. The highest BCUT2D eigenvalue weighted by Crippen LogP contribution is 2.41. The Labute approximate surface area is 74.0 Å².